The van der Waals surface area contributed by atoms with E-state index in [2.05, 4.69) is 15.5 Å². The van der Waals surface area contributed by atoms with Crippen molar-refractivity contribution < 1.29 is 4.79 Å². The van der Waals surface area contributed by atoms with Crippen LogP contribution < -0.4 is 5.32 Å². The van der Waals surface area contributed by atoms with Gasteiger partial charge in [0.2, 0.25) is 0 Å². The third-order valence-electron chi connectivity index (χ3n) is 1.59. The van der Waals surface area contributed by atoms with Crippen LogP contribution in [-0.2, 0) is 0 Å². The molecule has 0 radical (unpaired) electrons. The standard InChI is InChI=1S/C8H12ClN3O/c1-6(9)2-3-10-8(13)7-4-11-12-5-7/h4-6H,2-3H2,1H3,(H,10,13)(H,11,12). The lowest BCUT2D eigenvalue weighted by atomic mass is 10.3. The van der Waals surface area contributed by atoms with Gasteiger partial charge in [0.1, 0.15) is 0 Å². The van der Waals surface area contributed by atoms with Crippen LogP contribution in [-0.4, -0.2) is 28.0 Å². The average Bonchev–Trinajstić information content (AvgIpc) is 2.55. The van der Waals surface area contributed by atoms with Gasteiger partial charge in [-0.3, -0.25) is 9.89 Å². The third-order valence-corrected chi connectivity index (χ3v) is 1.81. The van der Waals surface area contributed by atoms with Crippen molar-refractivity contribution in [3.63, 3.8) is 0 Å². The van der Waals surface area contributed by atoms with Crippen LogP contribution in [0.25, 0.3) is 0 Å². The van der Waals surface area contributed by atoms with Gasteiger partial charge in [-0.1, -0.05) is 0 Å². The van der Waals surface area contributed by atoms with E-state index in [4.69, 9.17) is 11.6 Å². The molecule has 0 aliphatic rings. The van der Waals surface area contributed by atoms with Gasteiger partial charge in [-0.15, -0.1) is 11.6 Å². The monoisotopic (exact) mass is 201 g/mol. The number of carbonyl (C=O) groups is 1. The second-order valence-corrected chi connectivity index (χ2v) is 3.56. The Labute approximate surface area is 81.7 Å². The highest BCUT2D eigenvalue weighted by Gasteiger charge is 2.05. The van der Waals surface area contributed by atoms with Gasteiger partial charge < -0.3 is 5.32 Å². The molecule has 5 heteroatoms. The molecule has 0 aliphatic carbocycles. The number of aromatic nitrogens is 2. The molecule has 13 heavy (non-hydrogen) atoms. The van der Waals surface area contributed by atoms with E-state index in [1.807, 2.05) is 6.92 Å². The molecular weight excluding hydrogens is 190 g/mol. The SMILES string of the molecule is CC(Cl)CCNC(=O)c1cn[nH]c1. The number of aromatic amines is 1. The van der Waals surface area contributed by atoms with Gasteiger partial charge in [-0.2, -0.15) is 5.10 Å². The van der Waals surface area contributed by atoms with Gasteiger partial charge >= 0.3 is 0 Å². The second-order valence-electron chi connectivity index (χ2n) is 2.81. The first kappa shape index (κ1) is 10.1. The third kappa shape index (κ3) is 3.46. The number of nitrogens with one attached hydrogen (secondary N) is 2. The van der Waals surface area contributed by atoms with Gasteiger partial charge in [0.15, 0.2) is 0 Å². The normalized spacial score (nSPS) is 12.5. The molecule has 2 N–H and O–H groups in total. The van der Waals surface area contributed by atoms with Crippen molar-refractivity contribution in [3.05, 3.63) is 18.0 Å². The number of hydrogen-bond acceptors (Lipinski definition) is 2. The second kappa shape index (κ2) is 4.87. The van der Waals surface area contributed by atoms with E-state index in [1.165, 1.54) is 6.20 Å². The molecule has 0 fully saturated rings. The summed E-state index contributed by atoms with van der Waals surface area (Å²) in [6.07, 6.45) is 3.81. The lowest BCUT2D eigenvalue weighted by Crippen LogP contribution is -2.25. The summed E-state index contributed by atoms with van der Waals surface area (Å²) < 4.78 is 0. The first-order valence-electron chi connectivity index (χ1n) is 4.11. The quantitative estimate of drug-likeness (QED) is 0.719. The zero-order valence-electron chi connectivity index (χ0n) is 7.38. The minimum absolute atomic E-state index is 0.0876. The Balaban J connectivity index is 2.27. The molecule has 0 bridgehead atoms. The molecule has 1 amide bonds. The minimum atomic E-state index is -0.119. The Kier molecular flexibility index (Phi) is 3.76. The van der Waals surface area contributed by atoms with Gasteiger partial charge in [-0.25, -0.2) is 0 Å². The zero-order chi connectivity index (χ0) is 9.68. The molecule has 72 valence electrons. The smallest absolute Gasteiger partial charge is 0.254 e. The summed E-state index contributed by atoms with van der Waals surface area (Å²) in [6.45, 7) is 2.49. The van der Waals surface area contributed by atoms with Crippen molar-refractivity contribution in [1.82, 2.24) is 15.5 Å². The van der Waals surface area contributed by atoms with Gasteiger partial charge in [0.05, 0.1) is 11.8 Å². The number of halogens is 1. The Bertz CT molecular complexity index is 258. The van der Waals surface area contributed by atoms with Crippen LogP contribution in [0.1, 0.15) is 23.7 Å². The summed E-state index contributed by atoms with van der Waals surface area (Å²) in [7, 11) is 0. The molecule has 1 aromatic heterocycles. The summed E-state index contributed by atoms with van der Waals surface area (Å²) in [5.74, 6) is -0.119. The average molecular weight is 202 g/mol. The minimum Gasteiger partial charge on any atom is -0.352 e. The van der Waals surface area contributed by atoms with Crippen molar-refractivity contribution in [2.24, 2.45) is 0 Å². The van der Waals surface area contributed by atoms with Crippen molar-refractivity contribution in [3.8, 4) is 0 Å². The molecule has 0 saturated heterocycles. The van der Waals surface area contributed by atoms with E-state index in [1.54, 1.807) is 6.20 Å². The summed E-state index contributed by atoms with van der Waals surface area (Å²) in [4.78, 5) is 11.3. The van der Waals surface area contributed by atoms with E-state index >= 15 is 0 Å². The number of hydrogen-bond donors (Lipinski definition) is 2. The maximum absolute atomic E-state index is 11.3. The fourth-order valence-electron chi connectivity index (χ4n) is 0.862. The van der Waals surface area contributed by atoms with Crippen LogP contribution in [0.2, 0.25) is 0 Å². The Morgan fingerprint density at radius 3 is 3.15 bits per heavy atom. The molecule has 1 rings (SSSR count). The predicted molar refractivity (Wildman–Crippen MR) is 50.9 cm³/mol. The lowest BCUT2D eigenvalue weighted by Gasteiger charge is -2.03. The van der Waals surface area contributed by atoms with Crippen LogP contribution in [0, 0.1) is 0 Å². The summed E-state index contributed by atoms with van der Waals surface area (Å²) in [6, 6.07) is 0. The highest BCUT2D eigenvalue weighted by molar-refractivity contribution is 6.20. The van der Waals surface area contributed by atoms with Crippen LogP contribution >= 0.6 is 11.6 Å². The Hall–Kier alpha value is -1.03. The summed E-state index contributed by atoms with van der Waals surface area (Å²) in [5, 5.41) is 9.07. The topological polar surface area (TPSA) is 57.8 Å². The number of rotatable bonds is 4. The largest absolute Gasteiger partial charge is 0.352 e. The molecule has 1 heterocycles. The first-order chi connectivity index (χ1) is 6.20. The molecule has 1 aromatic rings. The van der Waals surface area contributed by atoms with Crippen LogP contribution in [0.15, 0.2) is 12.4 Å². The molecule has 0 aliphatic heterocycles. The molecule has 4 nitrogen and oxygen atoms in total. The van der Waals surface area contributed by atoms with Crippen LogP contribution in [0.3, 0.4) is 0 Å². The van der Waals surface area contributed by atoms with Crippen LogP contribution in [0.4, 0.5) is 0 Å². The van der Waals surface area contributed by atoms with E-state index < -0.39 is 0 Å². The summed E-state index contributed by atoms with van der Waals surface area (Å²) >= 11 is 5.72. The van der Waals surface area contributed by atoms with E-state index in [0.717, 1.165) is 6.42 Å². The van der Waals surface area contributed by atoms with Crippen molar-refractivity contribution >= 4 is 17.5 Å². The maximum atomic E-state index is 11.3. The maximum Gasteiger partial charge on any atom is 0.254 e. The fourth-order valence-corrected chi connectivity index (χ4v) is 0.971. The van der Waals surface area contributed by atoms with Crippen molar-refractivity contribution in [2.75, 3.05) is 6.54 Å². The number of amides is 1. The van der Waals surface area contributed by atoms with Crippen molar-refractivity contribution in [1.29, 1.82) is 0 Å². The van der Waals surface area contributed by atoms with E-state index in [9.17, 15) is 4.79 Å². The van der Waals surface area contributed by atoms with Gasteiger partial charge in [0.25, 0.3) is 5.91 Å². The lowest BCUT2D eigenvalue weighted by molar-refractivity contribution is 0.0953. The molecule has 1 unspecified atom stereocenters. The highest BCUT2D eigenvalue weighted by Crippen LogP contribution is 1.98. The zero-order valence-corrected chi connectivity index (χ0v) is 8.14. The van der Waals surface area contributed by atoms with E-state index in [-0.39, 0.29) is 11.3 Å². The predicted octanol–water partition coefficient (Wildman–Crippen LogP) is 1.16. The molecule has 1 atom stereocenters. The highest BCUT2D eigenvalue weighted by atomic mass is 35.5. The number of H-pyrrole nitrogens is 1. The van der Waals surface area contributed by atoms with Gasteiger partial charge in [-0.05, 0) is 13.3 Å². The fraction of sp³-hybridized carbons (Fsp3) is 0.500. The molecular formula is C8H12ClN3O. The molecule has 0 saturated carbocycles. The molecule has 0 aromatic carbocycles. The Morgan fingerprint density at radius 1 is 1.85 bits per heavy atom. The number of alkyl halides is 1. The summed E-state index contributed by atoms with van der Waals surface area (Å²) in [5.41, 5.74) is 0.544. The first-order valence-corrected chi connectivity index (χ1v) is 4.55. The number of carbonyl (C=O) groups excluding carboxylic acids is 1. The van der Waals surface area contributed by atoms with E-state index in [0.29, 0.717) is 12.1 Å². The number of nitrogens with zero attached hydrogens (tertiary/aromatic N) is 1. The van der Waals surface area contributed by atoms with Gasteiger partial charge in [0, 0.05) is 18.1 Å². The Morgan fingerprint density at radius 2 is 2.62 bits per heavy atom. The van der Waals surface area contributed by atoms with Crippen LogP contribution in [0.5, 0.6) is 0 Å². The van der Waals surface area contributed by atoms with Crippen molar-refractivity contribution in [2.45, 2.75) is 18.7 Å². The molecule has 0 spiro atoms.